The minimum absolute atomic E-state index is 0.0784. The van der Waals surface area contributed by atoms with E-state index in [1.165, 1.54) is 57.2 Å². The normalized spacial score (nSPS) is 19.9. The number of carbonyl (C=O) groups excluding carboxylic acids is 2. The van der Waals surface area contributed by atoms with Crippen molar-refractivity contribution in [1.29, 1.82) is 0 Å². The maximum atomic E-state index is 12.8. The summed E-state index contributed by atoms with van der Waals surface area (Å²) < 4.78 is 1.49. The maximum absolute atomic E-state index is 12.8. The van der Waals surface area contributed by atoms with E-state index < -0.39 is 23.3 Å². The van der Waals surface area contributed by atoms with E-state index in [2.05, 4.69) is 5.32 Å². The molecule has 2 aliphatic rings. The van der Waals surface area contributed by atoms with Crippen molar-refractivity contribution in [3.05, 3.63) is 73.5 Å². The van der Waals surface area contributed by atoms with E-state index in [1.54, 1.807) is 12.1 Å². The van der Waals surface area contributed by atoms with Crippen LogP contribution in [0.3, 0.4) is 0 Å². The van der Waals surface area contributed by atoms with Gasteiger partial charge < -0.3 is 10.4 Å². The number of β-lactam (4-membered cyclic amide) rings is 1. The molecule has 1 saturated heterocycles. The largest absolute Gasteiger partial charge is 0.477 e. The van der Waals surface area contributed by atoms with Gasteiger partial charge in [0.05, 0.1) is 10.6 Å². The SMILES string of the molecule is O=C(Cc1cccs1)NC1C(=O)N2C(C(=O)O)=C(Sc3cc(=O)c4ccccc4s3)CS[C@@H]12. The van der Waals surface area contributed by atoms with Crippen LogP contribution in [-0.4, -0.2) is 45.0 Å². The number of benzene rings is 1. The zero-order valence-electron chi connectivity index (χ0n) is 16.8. The Morgan fingerprint density at radius 3 is 2.76 bits per heavy atom. The van der Waals surface area contributed by atoms with Gasteiger partial charge in [0.25, 0.3) is 5.91 Å². The maximum Gasteiger partial charge on any atom is 0.353 e. The highest BCUT2D eigenvalue weighted by molar-refractivity contribution is 8.07. The molecule has 11 heteroatoms. The van der Waals surface area contributed by atoms with Crippen molar-refractivity contribution in [2.75, 3.05) is 5.75 Å². The third kappa shape index (κ3) is 4.21. The van der Waals surface area contributed by atoms with Crippen molar-refractivity contribution in [1.82, 2.24) is 10.2 Å². The number of rotatable bonds is 6. The Labute approximate surface area is 204 Å². The summed E-state index contributed by atoms with van der Waals surface area (Å²) >= 11 is 5.49. The van der Waals surface area contributed by atoms with Gasteiger partial charge >= 0.3 is 5.97 Å². The van der Waals surface area contributed by atoms with Crippen molar-refractivity contribution in [3.8, 4) is 0 Å². The molecule has 2 amide bonds. The fourth-order valence-electron chi connectivity index (χ4n) is 3.72. The van der Waals surface area contributed by atoms with E-state index in [1.807, 2.05) is 29.6 Å². The summed E-state index contributed by atoms with van der Waals surface area (Å²) in [6.45, 7) is 0. The molecule has 168 valence electrons. The highest BCUT2D eigenvalue weighted by atomic mass is 32.2. The number of hydrogen-bond acceptors (Lipinski definition) is 8. The molecule has 0 radical (unpaired) electrons. The molecule has 0 saturated carbocycles. The number of carboxylic acids is 1. The first-order chi connectivity index (χ1) is 15.9. The first kappa shape index (κ1) is 22.2. The highest BCUT2D eigenvalue weighted by Gasteiger charge is 2.54. The number of nitrogens with zero attached hydrogens (tertiary/aromatic N) is 1. The summed E-state index contributed by atoms with van der Waals surface area (Å²) in [6, 6.07) is 11.7. The van der Waals surface area contributed by atoms with E-state index in [4.69, 9.17) is 0 Å². The molecule has 1 aromatic carbocycles. The van der Waals surface area contributed by atoms with Crippen LogP contribution < -0.4 is 10.7 Å². The third-order valence-corrected chi connectivity index (χ3v) is 9.84. The molecule has 7 nitrogen and oxygen atoms in total. The molecule has 0 bridgehead atoms. The monoisotopic (exact) mass is 516 g/mol. The molecule has 2 aliphatic heterocycles. The number of aliphatic carboxylic acids is 1. The summed E-state index contributed by atoms with van der Waals surface area (Å²) in [4.78, 5) is 52.4. The molecule has 0 aliphatic carbocycles. The smallest absolute Gasteiger partial charge is 0.353 e. The molecular formula is C22H16N2O5S4. The van der Waals surface area contributed by atoms with Crippen LogP contribution >= 0.6 is 46.2 Å². The summed E-state index contributed by atoms with van der Waals surface area (Å²) in [5.74, 6) is -1.54. The fraction of sp³-hybridized carbons (Fsp3) is 0.182. The summed E-state index contributed by atoms with van der Waals surface area (Å²) in [5.41, 5.74) is -0.204. The van der Waals surface area contributed by atoms with Crippen molar-refractivity contribution in [3.63, 3.8) is 0 Å². The van der Waals surface area contributed by atoms with Gasteiger partial charge in [0, 0.05) is 31.7 Å². The Hall–Kier alpha value is -2.60. The average Bonchev–Trinajstić information content (AvgIpc) is 3.30. The number of nitrogens with one attached hydrogen (secondary N) is 1. The van der Waals surface area contributed by atoms with Crippen LogP contribution in [0.1, 0.15) is 4.88 Å². The standard InChI is InChI=1S/C22H16N2O5S4/c25-13-9-17(32-14-6-2-1-5-12(13)14)33-15-10-31-21-18(20(27)24(21)19(15)22(28)29)23-16(26)8-11-4-3-7-30-11/h1-7,9,18,21H,8,10H2,(H,23,26)(H,28,29)/t18?,21-/m0/s1. The average molecular weight is 517 g/mol. The number of hydrogen-bond donors (Lipinski definition) is 2. The van der Waals surface area contributed by atoms with E-state index in [-0.39, 0.29) is 23.5 Å². The van der Waals surface area contributed by atoms with Gasteiger partial charge in [-0.15, -0.1) is 34.4 Å². The second kappa shape index (κ2) is 8.98. The zero-order valence-corrected chi connectivity index (χ0v) is 20.1. The molecule has 2 atom stereocenters. The summed E-state index contributed by atoms with van der Waals surface area (Å²) in [5, 5.41) is 14.7. The number of thiophene rings is 1. The molecule has 1 fully saturated rings. The van der Waals surface area contributed by atoms with Crippen LogP contribution in [0.25, 0.3) is 10.1 Å². The number of thioether (sulfide) groups is 2. The Morgan fingerprint density at radius 1 is 1.18 bits per heavy atom. The molecule has 4 heterocycles. The predicted octanol–water partition coefficient (Wildman–Crippen LogP) is 3.35. The van der Waals surface area contributed by atoms with E-state index in [9.17, 15) is 24.3 Å². The van der Waals surface area contributed by atoms with Crippen LogP contribution in [0.2, 0.25) is 0 Å². The topological polar surface area (TPSA) is 104 Å². The first-order valence-electron chi connectivity index (χ1n) is 9.86. The van der Waals surface area contributed by atoms with Crippen molar-refractivity contribution >= 4 is 74.1 Å². The molecule has 2 aromatic heterocycles. The predicted molar refractivity (Wildman–Crippen MR) is 132 cm³/mol. The minimum Gasteiger partial charge on any atom is -0.477 e. The van der Waals surface area contributed by atoms with Crippen molar-refractivity contribution < 1.29 is 19.5 Å². The highest BCUT2D eigenvalue weighted by Crippen LogP contribution is 2.46. The van der Waals surface area contributed by atoms with Crippen LogP contribution in [0.5, 0.6) is 0 Å². The summed E-state index contributed by atoms with van der Waals surface area (Å²) in [7, 11) is 0. The Kier molecular flexibility index (Phi) is 6.04. The lowest BCUT2D eigenvalue weighted by molar-refractivity contribution is -0.150. The lowest BCUT2D eigenvalue weighted by Gasteiger charge is -2.49. The van der Waals surface area contributed by atoms with Gasteiger partial charge in [0.15, 0.2) is 5.43 Å². The zero-order chi connectivity index (χ0) is 23.1. The third-order valence-electron chi connectivity index (χ3n) is 5.20. The minimum atomic E-state index is -1.20. The van der Waals surface area contributed by atoms with E-state index in [0.29, 0.717) is 20.3 Å². The number of carbonyl (C=O) groups is 3. The van der Waals surface area contributed by atoms with Crippen molar-refractivity contribution in [2.45, 2.75) is 22.0 Å². The van der Waals surface area contributed by atoms with Crippen LogP contribution in [0.15, 0.2) is 67.5 Å². The number of fused-ring (bicyclic) bond motifs is 2. The second-order valence-corrected chi connectivity index (χ2v) is 11.9. The lowest BCUT2D eigenvalue weighted by Crippen LogP contribution is -2.70. The lowest BCUT2D eigenvalue weighted by atomic mass is 10.0. The van der Waals surface area contributed by atoms with Gasteiger partial charge in [0.1, 0.15) is 17.1 Å². The molecule has 3 aromatic rings. The van der Waals surface area contributed by atoms with Crippen molar-refractivity contribution in [2.24, 2.45) is 0 Å². The Morgan fingerprint density at radius 2 is 2.00 bits per heavy atom. The quantitative estimate of drug-likeness (QED) is 0.484. The second-order valence-electron chi connectivity index (χ2n) is 7.32. The molecule has 0 spiro atoms. The molecular weight excluding hydrogens is 501 g/mol. The number of carboxylic acid groups (broad SMARTS) is 1. The van der Waals surface area contributed by atoms with Gasteiger partial charge in [-0.05, 0) is 23.6 Å². The molecule has 5 rings (SSSR count). The Bertz CT molecular complexity index is 1360. The van der Waals surface area contributed by atoms with E-state index in [0.717, 1.165) is 9.58 Å². The van der Waals surface area contributed by atoms with Gasteiger partial charge in [-0.25, -0.2) is 4.79 Å². The van der Waals surface area contributed by atoms with Gasteiger partial charge in [-0.2, -0.15) is 0 Å². The van der Waals surface area contributed by atoms with Gasteiger partial charge in [-0.1, -0.05) is 30.0 Å². The van der Waals surface area contributed by atoms with Gasteiger partial charge in [-0.3, -0.25) is 19.3 Å². The van der Waals surface area contributed by atoms with Crippen LogP contribution in [0, 0.1) is 0 Å². The molecule has 1 unspecified atom stereocenters. The van der Waals surface area contributed by atoms with E-state index >= 15 is 0 Å². The molecule has 33 heavy (non-hydrogen) atoms. The van der Waals surface area contributed by atoms with Crippen LogP contribution in [0.4, 0.5) is 0 Å². The number of amides is 2. The fourth-order valence-corrected chi connectivity index (χ4v) is 8.29. The van der Waals surface area contributed by atoms with Crippen LogP contribution in [-0.2, 0) is 20.8 Å². The molecule has 2 N–H and O–H groups in total. The van der Waals surface area contributed by atoms with Gasteiger partial charge in [0.2, 0.25) is 5.91 Å². The first-order valence-corrected chi connectivity index (χ1v) is 13.4. The summed E-state index contributed by atoms with van der Waals surface area (Å²) in [6.07, 6.45) is 0.183. The Balaban J connectivity index is 1.37.